The van der Waals surface area contributed by atoms with E-state index in [1.807, 2.05) is 6.07 Å². The quantitative estimate of drug-likeness (QED) is 0.805. The maximum absolute atomic E-state index is 10.8. The molecule has 2 fully saturated rings. The number of aliphatic hydroxyl groups excluding tert-OH is 2. The van der Waals surface area contributed by atoms with Gasteiger partial charge in [0.2, 0.25) is 0 Å². The summed E-state index contributed by atoms with van der Waals surface area (Å²) >= 11 is 0. The molecule has 132 valence electrons. The van der Waals surface area contributed by atoms with E-state index in [0.29, 0.717) is 11.8 Å². The Morgan fingerprint density at radius 1 is 1.21 bits per heavy atom. The lowest BCUT2D eigenvalue weighted by molar-refractivity contribution is -0.0341. The number of ether oxygens (including phenoxy) is 1. The van der Waals surface area contributed by atoms with Gasteiger partial charge in [-0.15, -0.1) is 0 Å². The fraction of sp³-hybridized carbons (Fsp3) is 0.684. The van der Waals surface area contributed by atoms with Crippen LogP contribution in [0.15, 0.2) is 18.2 Å². The largest absolute Gasteiger partial charge is 0.497 e. The fourth-order valence-corrected chi connectivity index (χ4v) is 6.43. The Balaban J connectivity index is 1.71. The molecule has 2 N–H and O–H groups in total. The number of methoxy groups -OCH3 is 1. The maximum atomic E-state index is 10.8. The molecule has 4 nitrogen and oxygen atoms in total. The Morgan fingerprint density at radius 2 is 2.00 bits per heavy atom. The summed E-state index contributed by atoms with van der Waals surface area (Å²) < 4.78 is 10.9. The molecule has 0 heterocycles. The fourth-order valence-electron chi connectivity index (χ4n) is 5.96. The highest BCUT2D eigenvalue weighted by atomic mass is 31.0. The maximum Gasteiger partial charge on any atom is 0.119 e. The highest BCUT2D eigenvalue weighted by Gasteiger charge is 2.63. The Kier molecular flexibility index (Phi) is 4.16. The lowest BCUT2D eigenvalue weighted by atomic mass is 9.55. The van der Waals surface area contributed by atoms with Crippen molar-refractivity contribution < 1.29 is 19.5 Å². The van der Waals surface area contributed by atoms with Crippen LogP contribution in [0.3, 0.4) is 0 Å². The van der Waals surface area contributed by atoms with Crippen molar-refractivity contribution >= 4 is 9.47 Å². The van der Waals surface area contributed by atoms with Gasteiger partial charge in [0.15, 0.2) is 0 Å². The highest BCUT2D eigenvalue weighted by Crippen LogP contribution is 2.61. The topological polar surface area (TPSA) is 58.9 Å². The van der Waals surface area contributed by atoms with Crippen LogP contribution in [0.5, 0.6) is 5.75 Å². The first-order chi connectivity index (χ1) is 11.5. The monoisotopic (exact) mass is 350 g/mol. The molecule has 0 saturated heterocycles. The average molecular weight is 350 g/mol. The molecule has 3 aliphatic rings. The average Bonchev–Trinajstić information content (AvgIpc) is 2.79. The van der Waals surface area contributed by atoms with E-state index in [2.05, 4.69) is 28.5 Å². The third-order valence-electron chi connectivity index (χ3n) is 7.05. The Labute approximate surface area is 145 Å². The molecule has 5 heteroatoms. The van der Waals surface area contributed by atoms with Gasteiger partial charge in [0.05, 0.1) is 19.3 Å². The molecule has 0 bridgehead atoms. The van der Waals surface area contributed by atoms with Gasteiger partial charge in [0, 0.05) is 14.9 Å². The van der Waals surface area contributed by atoms with E-state index in [4.69, 9.17) is 9.26 Å². The second-order valence-corrected chi connectivity index (χ2v) is 8.25. The van der Waals surface area contributed by atoms with Gasteiger partial charge in [-0.05, 0) is 66.7 Å². The van der Waals surface area contributed by atoms with Gasteiger partial charge in [-0.1, -0.05) is 13.0 Å². The highest BCUT2D eigenvalue weighted by molar-refractivity contribution is 7.09. The lowest BCUT2D eigenvalue weighted by Crippen LogP contribution is -2.46. The molecule has 3 aliphatic carbocycles. The minimum absolute atomic E-state index is 0.0899. The molecular formula is C19H27O4P. The van der Waals surface area contributed by atoms with E-state index in [-0.39, 0.29) is 17.4 Å². The summed E-state index contributed by atoms with van der Waals surface area (Å²) in [5.74, 6) is 1.87. The molecule has 0 aromatic heterocycles. The third kappa shape index (κ3) is 2.20. The number of benzene rings is 1. The SMILES string of the molecule is COc1ccc2c(c1)CCC1C2CC[C@@]2(C)C1C(O)C(O)[C@@H]2OP. The minimum Gasteiger partial charge on any atom is -0.497 e. The van der Waals surface area contributed by atoms with Crippen molar-refractivity contribution in [2.45, 2.75) is 56.8 Å². The summed E-state index contributed by atoms with van der Waals surface area (Å²) in [7, 11) is 4.00. The van der Waals surface area contributed by atoms with E-state index in [1.165, 1.54) is 11.1 Å². The number of hydrogen-bond acceptors (Lipinski definition) is 4. The smallest absolute Gasteiger partial charge is 0.119 e. The molecule has 8 atom stereocenters. The van der Waals surface area contributed by atoms with Gasteiger partial charge in [0.1, 0.15) is 11.9 Å². The molecule has 0 spiro atoms. The molecular weight excluding hydrogens is 323 g/mol. The van der Waals surface area contributed by atoms with Gasteiger partial charge in [-0.25, -0.2) is 0 Å². The number of rotatable bonds is 2. The van der Waals surface area contributed by atoms with E-state index in [9.17, 15) is 10.2 Å². The summed E-state index contributed by atoms with van der Waals surface area (Å²) in [6.45, 7) is 2.19. The van der Waals surface area contributed by atoms with E-state index >= 15 is 0 Å². The van der Waals surface area contributed by atoms with Crippen molar-refractivity contribution in [2.24, 2.45) is 17.3 Å². The van der Waals surface area contributed by atoms with Crippen molar-refractivity contribution in [1.82, 2.24) is 0 Å². The Hall–Kier alpha value is -0.670. The van der Waals surface area contributed by atoms with Crippen LogP contribution in [-0.4, -0.2) is 35.6 Å². The van der Waals surface area contributed by atoms with Crippen molar-refractivity contribution in [3.8, 4) is 5.75 Å². The van der Waals surface area contributed by atoms with Gasteiger partial charge >= 0.3 is 0 Å². The molecule has 2 saturated carbocycles. The van der Waals surface area contributed by atoms with Gasteiger partial charge < -0.3 is 19.5 Å². The van der Waals surface area contributed by atoms with E-state index in [1.54, 1.807) is 7.11 Å². The predicted molar refractivity (Wildman–Crippen MR) is 95.0 cm³/mol. The predicted octanol–water partition coefficient (Wildman–Crippen LogP) is 2.67. The summed E-state index contributed by atoms with van der Waals surface area (Å²) in [5, 5.41) is 21.3. The molecule has 24 heavy (non-hydrogen) atoms. The van der Waals surface area contributed by atoms with Crippen LogP contribution in [0.4, 0.5) is 0 Å². The van der Waals surface area contributed by atoms with Crippen molar-refractivity contribution in [2.75, 3.05) is 7.11 Å². The van der Waals surface area contributed by atoms with E-state index in [0.717, 1.165) is 31.4 Å². The second-order valence-electron chi connectivity index (χ2n) is 7.98. The summed E-state index contributed by atoms with van der Waals surface area (Å²) in [5.41, 5.74) is 2.63. The number of hydrogen-bond donors (Lipinski definition) is 2. The Morgan fingerprint density at radius 3 is 2.71 bits per heavy atom. The van der Waals surface area contributed by atoms with E-state index < -0.39 is 12.2 Å². The van der Waals surface area contributed by atoms with Gasteiger partial charge in [0.25, 0.3) is 0 Å². The Bertz CT molecular complexity index is 636. The zero-order valence-corrected chi connectivity index (χ0v) is 15.5. The second kappa shape index (κ2) is 5.95. The zero-order valence-electron chi connectivity index (χ0n) is 14.3. The summed E-state index contributed by atoms with van der Waals surface area (Å²) in [4.78, 5) is 0. The lowest BCUT2D eigenvalue weighted by Gasteiger charge is -2.50. The summed E-state index contributed by atoms with van der Waals surface area (Å²) in [6.07, 6.45) is 2.31. The standard InChI is InChI=1S/C19H27O4P/c1-19-8-7-13-12-6-4-11(22-2)9-10(12)3-5-14(13)15(19)16(20)17(21)18(19)23-24/h4,6,9,13-18,20-21H,3,5,7-8,24H2,1-2H3/t13?,14?,15?,16?,17?,18-,19-/m0/s1. The molecule has 1 aromatic carbocycles. The number of aryl methyl sites for hydroxylation is 1. The molecule has 0 radical (unpaired) electrons. The first kappa shape index (κ1) is 16.8. The van der Waals surface area contributed by atoms with Crippen LogP contribution in [0.2, 0.25) is 0 Å². The normalized spacial score (nSPS) is 43.7. The molecule has 0 aliphatic heterocycles. The van der Waals surface area contributed by atoms with Gasteiger partial charge in [-0.2, -0.15) is 0 Å². The van der Waals surface area contributed by atoms with Crippen LogP contribution in [0.1, 0.15) is 43.2 Å². The zero-order chi connectivity index (χ0) is 17.1. The molecule has 1 aromatic rings. The minimum atomic E-state index is -0.798. The van der Waals surface area contributed by atoms with Crippen LogP contribution in [0.25, 0.3) is 0 Å². The van der Waals surface area contributed by atoms with Crippen LogP contribution < -0.4 is 4.74 Å². The first-order valence-corrected chi connectivity index (χ1v) is 9.37. The van der Waals surface area contributed by atoms with Crippen LogP contribution in [0, 0.1) is 17.3 Å². The third-order valence-corrected chi connectivity index (χ3v) is 7.35. The van der Waals surface area contributed by atoms with Crippen molar-refractivity contribution in [3.63, 3.8) is 0 Å². The number of fused-ring (bicyclic) bond motifs is 5. The van der Waals surface area contributed by atoms with Crippen LogP contribution >= 0.6 is 9.47 Å². The molecule has 0 amide bonds. The first-order valence-electron chi connectivity index (χ1n) is 8.89. The summed E-state index contributed by atoms with van der Waals surface area (Å²) in [6, 6.07) is 6.41. The number of aliphatic hydroxyl groups is 2. The molecule has 6 unspecified atom stereocenters. The van der Waals surface area contributed by atoms with Crippen LogP contribution in [-0.2, 0) is 10.9 Å². The van der Waals surface area contributed by atoms with Gasteiger partial charge in [-0.3, -0.25) is 0 Å². The van der Waals surface area contributed by atoms with Crippen molar-refractivity contribution in [1.29, 1.82) is 0 Å². The van der Waals surface area contributed by atoms with Crippen molar-refractivity contribution in [3.05, 3.63) is 29.3 Å². The molecule has 4 rings (SSSR count).